The SMILES string of the molecule is CN(C(=O)OC(C)(C)C)c1occc1C(=O)O. The maximum absolute atomic E-state index is 11.7. The highest BCUT2D eigenvalue weighted by molar-refractivity contribution is 5.97. The molecule has 17 heavy (non-hydrogen) atoms. The van der Waals surface area contributed by atoms with E-state index in [2.05, 4.69) is 0 Å². The predicted molar refractivity (Wildman–Crippen MR) is 60.3 cm³/mol. The Hall–Kier alpha value is -1.98. The molecule has 1 amide bonds. The van der Waals surface area contributed by atoms with Gasteiger partial charge in [-0.05, 0) is 26.8 Å². The van der Waals surface area contributed by atoms with Gasteiger partial charge in [0.2, 0.25) is 5.88 Å². The van der Waals surface area contributed by atoms with E-state index in [-0.39, 0.29) is 11.4 Å². The number of furan rings is 1. The summed E-state index contributed by atoms with van der Waals surface area (Å²) in [7, 11) is 1.39. The maximum atomic E-state index is 11.7. The molecule has 0 bridgehead atoms. The van der Waals surface area contributed by atoms with Gasteiger partial charge in [-0.25, -0.2) is 14.5 Å². The lowest BCUT2D eigenvalue weighted by atomic mass is 10.2. The molecule has 0 aliphatic heterocycles. The minimum atomic E-state index is -1.16. The highest BCUT2D eigenvalue weighted by Gasteiger charge is 2.26. The van der Waals surface area contributed by atoms with Gasteiger partial charge >= 0.3 is 12.1 Å². The number of hydrogen-bond acceptors (Lipinski definition) is 4. The molecule has 1 N–H and O–H groups in total. The Morgan fingerprint density at radius 2 is 2.00 bits per heavy atom. The molecular weight excluding hydrogens is 226 g/mol. The lowest BCUT2D eigenvalue weighted by molar-refractivity contribution is 0.0583. The van der Waals surface area contributed by atoms with Crippen LogP contribution in [0.2, 0.25) is 0 Å². The van der Waals surface area contributed by atoms with Crippen molar-refractivity contribution in [2.75, 3.05) is 11.9 Å². The first-order valence-corrected chi connectivity index (χ1v) is 5.00. The number of aromatic carboxylic acids is 1. The summed E-state index contributed by atoms with van der Waals surface area (Å²) in [5, 5.41) is 8.88. The monoisotopic (exact) mass is 241 g/mol. The van der Waals surface area contributed by atoms with Crippen molar-refractivity contribution in [3.05, 3.63) is 17.9 Å². The first-order valence-electron chi connectivity index (χ1n) is 5.00. The molecule has 0 fully saturated rings. The van der Waals surface area contributed by atoms with E-state index in [4.69, 9.17) is 14.3 Å². The number of carbonyl (C=O) groups excluding carboxylic acids is 1. The summed E-state index contributed by atoms with van der Waals surface area (Å²) in [5.74, 6) is -1.21. The molecule has 0 aliphatic rings. The highest BCUT2D eigenvalue weighted by atomic mass is 16.6. The molecule has 6 nitrogen and oxygen atoms in total. The average molecular weight is 241 g/mol. The molecule has 1 rings (SSSR count). The summed E-state index contributed by atoms with van der Waals surface area (Å²) in [5.41, 5.74) is -0.736. The molecule has 0 unspecified atom stereocenters. The molecule has 0 atom stereocenters. The number of ether oxygens (including phenoxy) is 1. The second-order valence-corrected chi connectivity index (χ2v) is 4.48. The van der Waals surface area contributed by atoms with Gasteiger partial charge in [0.1, 0.15) is 11.2 Å². The summed E-state index contributed by atoms with van der Waals surface area (Å²) in [6.07, 6.45) is 0.537. The maximum Gasteiger partial charge on any atom is 0.416 e. The fourth-order valence-corrected chi connectivity index (χ4v) is 1.14. The summed E-state index contributed by atoms with van der Waals surface area (Å²) in [4.78, 5) is 23.6. The molecule has 0 spiro atoms. The van der Waals surface area contributed by atoms with Crippen LogP contribution in [0.3, 0.4) is 0 Å². The van der Waals surface area contributed by atoms with Crippen LogP contribution in [-0.2, 0) is 4.74 Å². The van der Waals surface area contributed by atoms with Crippen molar-refractivity contribution in [2.45, 2.75) is 26.4 Å². The van der Waals surface area contributed by atoms with Crippen molar-refractivity contribution in [3.63, 3.8) is 0 Å². The first kappa shape index (κ1) is 13.1. The Balaban J connectivity index is 2.89. The van der Waals surface area contributed by atoms with Gasteiger partial charge in [-0.15, -0.1) is 0 Å². The van der Waals surface area contributed by atoms with E-state index in [1.54, 1.807) is 20.8 Å². The van der Waals surface area contributed by atoms with Crippen LogP contribution in [0.4, 0.5) is 10.7 Å². The van der Waals surface area contributed by atoms with E-state index in [0.717, 1.165) is 4.90 Å². The number of anilines is 1. The van der Waals surface area contributed by atoms with Crippen LogP contribution in [0.1, 0.15) is 31.1 Å². The Kier molecular flexibility index (Phi) is 3.45. The van der Waals surface area contributed by atoms with Gasteiger partial charge < -0.3 is 14.3 Å². The number of amides is 1. The zero-order chi connectivity index (χ0) is 13.2. The third-order valence-corrected chi connectivity index (χ3v) is 1.85. The number of rotatable bonds is 2. The molecule has 1 heterocycles. The number of carboxylic acids is 1. The smallest absolute Gasteiger partial charge is 0.416 e. The number of nitrogens with zero attached hydrogens (tertiary/aromatic N) is 1. The zero-order valence-corrected chi connectivity index (χ0v) is 10.2. The van der Waals surface area contributed by atoms with Crippen LogP contribution in [0.15, 0.2) is 16.7 Å². The molecule has 94 valence electrons. The molecule has 6 heteroatoms. The lowest BCUT2D eigenvalue weighted by Crippen LogP contribution is -2.34. The van der Waals surface area contributed by atoms with Crippen LogP contribution in [0.5, 0.6) is 0 Å². The van der Waals surface area contributed by atoms with Crippen LogP contribution in [-0.4, -0.2) is 29.8 Å². The van der Waals surface area contributed by atoms with Crippen molar-refractivity contribution >= 4 is 17.9 Å². The number of hydrogen-bond donors (Lipinski definition) is 1. The largest absolute Gasteiger partial charge is 0.477 e. The minimum Gasteiger partial charge on any atom is -0.477 e. The second kappa shape index (κ2) is 4.48. The molecule has 0 saturated heterocycles. The number of carbonyl (C=O) groups is 2. The van der Waals surface area contributed by atoms with E-state index in [1.165, 1.54) is 19.4 Å². The molecular formula is C11H15NO5. The Bertz CT molecular complexity index is 429. The molecule has 0 aromatic carbocycles. The standard InChI is InChI=1S/C11H15NO5/c1-11(2,3)17-10(15)12(4)8-7(9(13)14)5-6-16-8/h5-6H,1-4H3,(H,13,14). The lowest BCUT2D eigenvalue weighted by Gasteiger charge is -2.23. The number of carboxylic acid groups (broad SMARTS) is 1. The van der Waals surface area contributed by atoms with Crippen LogP contribution < -0.4 is 4.90 Å². The van der Waals surface area contributed by atoms with Crippen LogP contribution >= 0.6 is 0 Å². The first-order chi connectivity index (χ1) is 7.72. The fraction of sp³-hybridized carbons (Fsp3) is 0.455. The molecule has 0 aliphatic carbocycles. The van der Waals surface area contributed by atoms with Gasteiger partial charge in [0.05, 0.1) is 6.26 Å². The second-order valence-electron chi connectivity index (χ2n) is 4.48. The molecule has 0 saturated carbocycles. The van der Waals surface area contributed by atoms with E-state index >= 15 is 0 Å². The average Bonchev–Trinajstić information content (AvgIpc) is 2.61. The summed E-state index contributed by atoms with van der Waals surface area (Å²) in [6, 6.07) is 1.28. The predicted octanol–water partition coefficient (Wildman–Crippen LogP) is 2.35. The fourth-order valence-electron chi connectivity index (χ4n) is 1.14. The summed E-state index contributed by atoms with van der Waals surface area (Å²) >= 11 is 0. The van der Waals surface area contributed by atoms with E-state index in [1.807, 2.05) is 0 Å². The van der Waals surface area contributed by atoms with Crippen LogP contribution in [0.25, 0.3) is 0 Å². The third-order valence-electron chi connectivity index (χ3n) is 1.85. The topological polar surface area (TPSA) is 80.0 Å². The zero-order valence-electron chi connectivity index (χ0n) is 10.2. The van der Waals surface area contributed by atoms with E-state index in [0.29, 0.717) is 0 Å². The normalized spacial score (nSPS) is 11.1. The van der Waals surface area contributed by atoms with Gasteiger partial charge in [0.25, 0.3) is 0 Å². The van der Waals surface area contributed by atoms with Crippen molar-refractivity contribution in [3.8, 4) is 0 Å². The van der Waals surface area contributed by atoms with E-state index < -0.39 is 17.7 Å². The molecule has 0 radical (unpaired) electrons. The summed E-state index contributed by atoms with van der Waals surface area (Å²) < 4.78 is 10.1. The van der Waals surface area contributed by atoms with Gasteiger partial charge in [0.15, 0.2) is 0 Å². The Labute approximate surface area is 98.8 Å². The van der Waals surface area contributed by atoms with Gasteiger partial charge in [0, 0.05) is 7.05 Å². The van der Waals surface area contributed by atoms with Crippen molar-refractivity contribution < 1.29 is 23.8 Å². The summed E-state index contributed by atoms with van der Waals surface area (Å²) in [6.45, 7) is 5.16. The van der Waals surface area contributed by atoms with Gasteiger partial charge in [-0.3, -0.25) is 0 Å². The quantitative estimate of drug-likeness (QED) is 0.859. The van der Waals surface area contributed by atoms with Crippen molar-refractivity contribution in [2.24, 2.45) is 0 Å². The van der Waals surface area contributed by atoms with Crippen molar-refractivity contribution in [1.29, 1.82) is 0 Å². The molecule has 1 aromatic heterocycles. The van der Waals surface area contributed by atoms with Crippen molar-refractivity contribution in [1.82, 2.24) is 0 Å². The van der Waals surface area contributed by atoms with E-state index in [9.17, 15) is 9.59 Å². The van der Waals surface area contributed by atoms with Gasteiger partial charge in [-0.2, -0.15) is 0 Å². The molecule has 1 aromatic rings. The minimum absolute atomic E-state index is 0.0493. The van der Waals surface area contributed by atoms with Crippen LogP contribution in [0, 0.1) is 0 Å². The Morgan fingerprint density at radius 1 is 1.41 bits per heavy atom. The van der Waals surface area contributed by atoms with Gasteiger partial charge in [-0.1, -0.05) is 0 Å². The third kappa shape index (κ3) is 3.24. The Morgan fingerprint density at radius 3 is 2.47 bits per heavy atom. The highest BCUT2D eigenvalue weighted by Crippen LogP contribution is 2.22.